The second-order valence-electron chi connectivity index (χ2n) is 6.02. The zero-order chi connectivity index (χ0) is 17.8. The predicted molar refractivity (Wildman–Crippen MR) is 101 cm³/mol. The van der Waals surface area contributed by atoms with Crippen LogP contribution in [0.15, 0.2) is 45.1 Å². The molecule has 0 fully saturated rings. The molecule has 3 rings (SSSR count). The van der Waals surface area contributed by atoms with Crippen LogP contribution >= 0.6 is 11.8 Å². The average Bonchev–Trinajstić information content (AvgIpc) is 2.98. The molecule has 0 aliphatic carbocycles. The predicted octanol–water partition coefficient (Wildman–Crippen LogP) is 2.91. The summed E-state index contributed by atoms with van der Waals surface area (Å²) in [6.45, 7) is 2.87. The standard InChI is InChI=1S/C18H22N4O2S/c1-3-4-8-11-22-14-15(21(2)17(24)20-16(14)23)19-18(22)25-12-13-9-6-5-7-10-13/h5-7,9-10H,3-4,8,11-12H2,1-2H3,(H,20,23,24). The molecule has 0 aliphatic heterocycles. The molecule has 0 amide bonds. The van der Waals surface area contributed by atoms with Gasteiger partial charge in [0.1, 0.15) is 0 Å². The molecule has 0 saturated heterocycles. The molecule has 3 aromatic rings. The van der Waals surface area contributed by atoms with E-state index in [1.54, 1.807) is 18.8 Å². The van der Waals surface area contributed by atoms with Crippen LogP contribution in [-0.4, -0.2) is 19.1 Å². The highest BCUT2D eigenvalue weighted by Crippen LogP contribution is 2.25. The first-order valence-electron chi connectivity index (χ1n) is 8.48. The number of aryl methyl sites for hydroxylation is 2. The maximum absolute atomic E-state index is 12.4. The molecule has 0 radical (unpaired) electrons. The molecule has 1 N–H and O–H groups in total. The highest BCUT2D eigenvalue weighted by Gasteiger charge is 2.17. The maximum atomic E-state index is 12.4. The number of aromatic nitrogens is 4. The van der Waals surface area contributed by atoms with Gasteiger partial charge in [-0.25, -0.2) is 9.78 Å². The van der Waals surface area contributed by atoms with E-state index < -0.39 is 5.69 Å². The molecular formula is C18H22N4O2S. The third-order valence-corrected chi connectivity index (χ3v) is 5.22. The van der Waals surface area contributed by atoms with Gasteiger partial charge in [0.2, 0.25) is 0 Å². The van der Waals surface area contributed by atoms with Crippen molar-refractivity contribution in [1.82, 2.24) is 19.1 Å². The van der Waals surface area contributed by atoms with E-state index in [-0.39, 0.29) is 5.56 Å². The second kappa shape index (κ2) is 7.74. The Hall–Kier alpha value is -2.28. The normalized spacial score (nSPS) is 11.3. The molecule has 0 bridgehead atoms. The van der Waals surface area contributed by atoms with Crippen LogP contribution in [-0.2, 0) is 19.3 Å². The highest BCUT2D eigenvalue weighted by molar-refractivity contribution is 7.98. The zero-order valence-corrected chi connectivity index (χ0v) is 15.3. The number of hydrogen-bond acceptors (Lipinski definition) is 4. The molecule has 7 heteroatoms. The number of thioether (sulfide) groups is 1. The molecule has 132 valence electrons. The summed E-state index contributed by atoms with van der Waals surface area (Å²) in [6.07, 6.45) is 3.17. The van der Waals surface area contributed by atoms with Gasteiger partial charge in [0.25, 0.3) is 5.56 Å². The lowest BCUT2D eigenvalue weighted by molar-refractivity contribution is 0.577. The summed E-state index contributed by atoms with van der Waals surface area (Å²) in [4.78, 5) is 31.2. The lowest BCUT2D eigenvalue weighted by atomic mass is 10.2. The van der Waals surface area contributed by atoms with Gasteiger partial charge in [0.15, 0.2) is 16.3 Å². The Labute approximate surface area is 149 Å². The van der Waals surface area contributed by atoms with E-state index in [4.69, 9.17) is 0 Å². The van der Waals surface area contributed by atoms with E-state index in [1.807, 2.05) is 22.8 Å². The topological polar surface area (TPSA) is 72.7 Å². The third kappa shape index (κ3) is 3.71. The minimum Gasteiger partial charge on any atom is -0.313 e. The number of nitrogens with zero attached hydrogens (tertiary/aromatic N) is 3. The van der Waals surface area contributed by atoms with Crippen molar-refractivity contribution in [3.8, 4) is 0 Å². The molecule has 25 heavy (non-hydrogen) atoms. The Bertz CT molecular complexity index is 972. The van der Waals surface area contributed by atoms with Gasteiger partial charge in [-0.05, 0) is 12.0 Å². The minimum atomic E-state index is -0.435. The lowest BCUT2D eigenvalue weighted by Crippen LogP contribution is -2.29. The van der Waals surface area contributed by atoms with E-state index in [1.165, 1.54) is 10.1 Å². The fraction of sp³-hybridized carbons (Fsp3) is 0.389. The van der Waals surface area contributed by atoms with Crippen LogP contribution in [0.5, 0.6) is 0 Å². The van der Waals surface area contributed by atoms with Crippen molar-refractivity contribution in [3.05, 3.63) is 56.7 Å². The summed E-state index contributed by atoms with van der Waals surface area (Å²) in [5.41, 5.74) is 1.32. The quantitative estimate of drug-likeness (QED) is 0.521. The number of unbranched alkanes of at least 4 members (excludes halogenated alkanes) is 2. The lowest BCUT2D eigenvalue weighted by Gasteiger charge is -2.08. The minimum absolute atomic E-state index is 0.367. The first-order valence-corrected chi connectivity index (χ1v) is 9.46. The van der Waals surface area contributed by atoms with E-state index in [0.29, 0.717) is 11.2 Å². The number of imidazole rings is 1. The van der Waals surface area contributed by atoms with Crippen LogP contribution in [0.2, 0.25) is 0 Å². The molecular weight excluding hydrogens is 336 g/mol. The molecule has 2 aromatic heterocycles. The van der Waals surface area contributed by atoms with E-state index in [0.717, 1.165) is 36.7 Å². The van der Waals surface area contributed by atoms with Gasteiger partial charge in [0, 0.05) is 19.3 Å². The van der Waals surface area contributed by atoms with Gasteiger partial charge in [-0.15, -0.1) is 0 Å². The maximum Gasteiger partial charge on any atom is 0.329 e. The number of nitrogens with one attached hydrogen (secondary N) is 1. The Morgan fingerprint density at radius 3 is 2.64 bits per heavy atom. The zero-order valence-electron chi connectivity index (χ0n) is 14.5. The summed E-state index contributed by atoms with van der Waals surface area (Å²) in [5, 5.41) is 0.779. The van der Waals surface area contributed by atoms with Crippen LogP contribution in [0.25, 0.3) is 11.2 Å². The van der Waals surface area contributed by atoms with Crippen molar-refractivity contribution in [2.75, 3.05) is 0 Å². The van der Waals surface area contributed by atoms with Crippen LogP contribution in [0, 0.1) is 0 Å². The number of rotatable bonds is 7. The summed E-state index contributed by atoms with van der Waals surface area (Å²) in [5.74, 6) is 0.768. The van der Waals surface area contributed by atoms with E-state index in [9.17, 15) is 9.59 Å². The molecule has 0 unspecified atom stereocenters. The molecule has 2 heterocycles. The van der Waals surface area contributed by atoms with Crippen LogP contribution in [0.4, 0.5) is 0 Å². The van der Waals surface area contributed by atoms with Gasteiger partial charge in [-0.2, -0.15) is 0 Å². The number of benzene rings is 1. The van der Waals surface area contributed by atoms with Gasteiger partial charge in [0.05, 0.1) is 0 Å². The monoisotopic (exact) mass is 358 g/mol. The number of fused-ring (bicyclic) bond motifs is 1. The smallest absolute Gasteiger partial charge is 0.313 e. The Kier molecular flexibility index (Phi) is 5.43. The first kappa shape index (κ1) is 17.5. The number of hydrogen-bond donors (Lipinski definition) is 1. The number of aromatic amines is 1. The fourth-order valence-electron chi connectivity index (χ4n) is 2.77. The molecule has 6 nitrogen and oxygen atoms in total. The second-order valence-corrected chi connectivity index (χ2v) is 6.96. The van der Waals surface area contributed by atoms with Gasteiger partial charge in [-0.1, -0.05) is 61.9 Å². The fourth-order valence-corrected chi connectivity index (χ4v) is 3.75. The van der Waals surface area contributed by atoms with Crippen LogP contribution < -0.4 is 11.2 Å². The van der Waals surface area contributed by atoms with Crippen molar-refractivity contribution in [2.45, 2.75) is 43.6 Å². The Morgan fingerprint density at radius 1 is 1.16 bits per heavy atom. The van der Waals surface area contributed by atoms with Crippen molar-refractivity contribution in [3.63, 3.8) is 0 Å². The van der Waals surface area contributed by atoms with Crippen molar-refractivity contribution < 1.29 is 0 Å². The number of H-pyrrole nitrogens is 1. The summed E-state index contributed by atoms with van der Waals surface area (Å²) in [7, 11) is 1.63. The summed E-state index contributed by atoms with van der Waals surface area (Å²) < 4.78 is 3.36. The van der Waals surface area contributed by atoms with Gasteiger partial charge < -0.3 is 4.57 Å². The van der Waals surface area contributed by atoms with Crippen LogP contribution in [0.3, 0.4) is 0 Å². The summed E-state index contributed by atoms with van der Waals surface area (Å²) >= 11 is 1.59. The first-order chi connectivity index (χ1) is 12.1. The summed E-state index contributed by atoms with van der Waals surface area (Å²) in [6, 6.07) is 10.1. The highest BCUT2D eigenvalue weighted by atomic mass is 32.2. The van der Waals surface area contributed by atoms with Crippen molar-refractivity contribution >= 4 is 22.9 Å². The Morgan fingerprint density at radius 2 is 1.92 bits per heavy atom. The van der Waals surface area contributed by atoms with Crippen molar-refractivity contribution in [2.24, 2.45) is 7.05 Å². The molecule has 0 saturated carbocycles. The van der Waals surface area contributed by atoms with E-state index in [2.05, 4.69) is 29.0 Å². The average molecular weight is 358 g/mol. The third-order valence-electron chi connectivity index (χ3n) is 4.17. The van der Waals surface area contributed by atoms with Crippen LogP contribution in [0.1, 0.15) is 31.7 Å². The molecule has 0 aliphatic rings. The molecule has 0 atom stereocenters. The van der Waals surface area contributed by atoms with Gasteiger partial charge in [-0.3, -0.25) is 14.3 Å². The largest absolute Gasteiger partial charge is 0.329 e. The Balaban J connectivity index is 2.01. The molecule has 1 aromatic carbocycles. The molecule has 0 spiro atoms. The SMILES string of the molecule is CCCCCn1c(SCc2ccccc2)nc2c1c(=O)[nH]c(=O)n2C. The van der Waals surface area contributed by atoms with Crippen molar-refractivity contribution in [1.29, 1.82) is 0 Å². The van der Waals surface area contributed by atoms with E-state index >= 15 is 0 Å². The van der Waals surface area contributed by atoms with Gasteiger partial charge >= 0.3 is 5.69 Å².